The van der Waals surface area contributed by atoms with E-state index in [0.717, 1.165) is 24.3 Å². The van der Waals surface area contributed by atoms with Gasteiger partial charge in [0.25, 0.3) is 5.69 Å². The van der Waals surface area contributed by atoms with E-state index in [4.69, 9.17) is 4.74 Å². The zero-order valence-corrected chi connectivity index (χ0v) is 17.8. The molecule has 0 radical (unpaired) electrons. The van der Waals surface area contributed by atoms with Gasteiger partial charge in [-0.25, -0.2) is 13.2 Å². The molecule has 32 heavy (non-hydrogen) atoms. The first kappa shape index (κ1) is 22.8. The van der Waals surface area contributed by atoms with Gasteiger partial charge in [0.05, 0.1) is 20.3 Å². The lowest BCUT2D eigenvalue weighted by Gasteiger charge is -2.17. The van der Waals surface area contributed by atoms with Crippen LogP contribution in [-0.4, -0.2) is 31.2 Å². The number of nitro benzene ring substituents is 1. The first-order valence-electron chi connectivity index (χ1n) is 9.64. The topological polar surface area (TPSA) is 121 Å². The molecule has 0 aromatic heterocycles. The van der Waals surface area contributed by atoms with Crippen LogP contribution in [0, 0.1) is 10.1 Å². The molecule has 0 unspecified atom stereocenters. The zero-order chi connectivity index (χ0) is 23.3. The van der Waals surface area contributed by atoms with Crippen LogP contribution < -0.4 is 0 Å². The highest BCUT2D eigenvalue weighted by Gasteiger charge is 2.29. The molecule has 3 aromatic carbocycles. The summed E-state index contributed by atoms with van der Waals surface area (Å²) in [6.45, 7) is 1.68. The maximum absolute atomic E-state index is 13.1. The summed E-state index contributed by atoms with van der Waals surface area (Å²) in [4.78, 5) is 35.2. The lowest BCUT2D eigenvalue weighted by molar-refractivity contribution is -0.384. The van der Waals surface area contributed by atoms with Gasteiger partial charge in [0.15, 0.2) is 6.10 Å². The largest absolute Gasteiger partial charge is 0.450 e. The fourth-order valence-electron chi connectivity index (χ4n) is 3.05. The molecule has 8 nitrogen and oxygen atoms in total. The molecule has 0 bridgehead atoms. The smallest absolute Gasteiger partial charge is 0.340 e. The van der Waals surface area contributed by atoms with Gasteiger partial charge in [0.1, 0.15) is 0 Å². The van der Waals surface area contributed by atoms with E-state index in [1.807, 2.05) is 0 Å². The summed E-state index contributed by atoms with van der Waals surface area (Å²) in [5, 5.41) is 10.8. The van der Waals surface area contributed by atoms with Crippen molar-refractivity contribution in [2.24, 2.45) is 0 Å². The Hall–Kier alpha value is -3.85. The number of sulfone groups is 1. The third-order valence-electron chi connectivity index (χ3n) is 4.73. The van der Waals surface area contributed by atoms with Crippen molar-refractivity contribution in [2.45, 2.75) is 29.2 Å². The third-order valence-corrected chi connectivity index (χ3v) is 6.55. The Bertz CT molecular complexity index is 1250. The molecule has 0 saturated heterocycles. The van der Waals surface area contributed by atoms with Crippen LogP contribution in [0.3, 0.4) is 0 Å². The number of non-ortho nitro benzene ring substituents is 1. The molecule has 0 spiro atoms. The molecule has 0 amide bonds. The number of carbonyl (C=O) groups is 2. The molecule has 3 rings (SSSR count). The predicted octanol–water partition coefficient (Wildman–Crippen LogP) is 4.25. The van der Waals surface area contributed by atoms with Crippen molar-refractivity contribution >= 4 is 27.3 Å². The van der Waals surface area contributed by atoms with Crippen LogP contribution in [0.25, 0.3) is 0 Å². The van der Waals surface area contributed by atoms with Crippen LogP contribution >= 0.6 is 0 Å². The van der Waals surface area contributed by atoms with E-state index in [1.54, 1.807) is 37.3 Å². The summed E-state index contributed by atoms with van der Waals surface area (Å²) in [6.07, 6.45) is -0.878. The first-order valence-corrected chi connectivity index (χ1v) is 11.1. The zero-order valence-electron chi connectivity index (χ0n) is 17.0. The molecular weight excluding hydrogens is 434 g/mol. The van der Waals surface area contributed by atoms with Gasteiger partial charge < -0.3 is 4.74 Å². The first-order chi connectivity index (χ1) is 15.3. The molecule has 164 valence electrons. The van der Waals surface area contributed by atoms with Crippen LogP contribution in [0.15, 0.2) is 88.7 Å². The number of ketones is 1. The van der Waals surface area contributed by atoms with E-state index in [9.17, 15) is 28.1 Å². The van der Waals surface area contributed by atoms with Crippen molar-refractivity contribution < 1.29 is 27.7 Å². The van der Waals surface area contributed by atoms with E-state index in [2.05, 4.69) is 0 Å². The van der Waals surface area contributed by atoms with Gasteiger partial charge in [-0.1, -0.05) is 49.4 Å². The minimum absolute atomic E-state index is 0.205. The lowest BCUT2D eigenvalue weighted by atomic mass is 10.0. The van der Waals surface area contributed by atoms with Crippen LogP contribution in [-0.2, 0) is 14.6 Å². The quantitative estimate of drug-likeness (QED) is 0.216. The molecule has 0 fully saturated rings. The van der Waals surface area contributed by atoms with Crippen LogP contribution in [0.5, 0.6) is 0 Å². The van der Waals surface area contributed by atoms with Crippen molar-refractivity contribution in [1.82, 2.24) is 0 Å². The van der Waals surface area contributed by atoms with E-state index < -0.39 is 32.6 Å². The number of ether oxygens (including phenoxy) is 1. The Labute approximate surface area is 184 Å². The van der Waals surface area contributed by atoms with Crippen LogP contribution in [0.4, 0.5) is 5.69 Å². The van der Waals surface area contributed by atoms with Gasteiger partial charge in [-0.15, -0.1) is 0 Å². The van der Waals surface area contributed by atoms with Crippen LogP contribution in [0.2, 0.25) is 0 Å². The highest BCUT2D eigenvalue weighted by molar-refractivity contribution is 7.91. The van der Waals surface area contributed by atoms with E-state index >= 15 is 0 Å². The summed E-state index contributed by atoms with van der Waals surface area (Å²) in [5.41, 5.74) is -0.119. The number of hydrogen-bond donors (Lipinski definition) is 0. The van der Waals surface area contributed by atoms with Crippen molar-refractivity contribution in [3.8, 4) is 0 Å². The Kier molecular flexibility index (Phi) is 6.79. The number of nitrogens with zero attached hydrogens (tertiary/aromatic N) is 1. The number of esters is 1. The normalized spacial score (nSPS) is 12.0. The third kappa shape index (κ3) is 4.73. The Morgan fingerprint density at radius 3 is 2.12 bits per heavy atom. The number of benzene rings is 3. The average molecular weight is 453 g/mol. The molecule has 0 aliphatic carbocycles. The number of hydrogen-bond acceptors (Lipinski definition) is 7. The average Bonchev–Trinajstić information content (AvgIpc) is 2.82. The minimum Gasteiger partial charge on any atom is -0.450 e. The second-order valence-electron chi connectivity index (χ2n) is 6.78. The van der Waals surface area contributed by atoms with Crippen molar-refractivity contribution in [3.63, 3.8) is 0 Å². The molecule has 0 N–H and O–H groups in total. The number of nitro groups is 1. The minimum atomic E-state index is -4.18. The number of Topliss-reactive ketones (excluding diaryl/α,β-unsaturated/α-hetero) is 1. The van der Waals surface area contributed by atoms with Gasteiger partial charge in [-0.05, 0) is 30.7 Å². The summed E-state index contributed by atoms with van der Waals surface area (Å²) in [6, 6.07) is 18.1. The summed E-state index contributed by atoms with van der Waals surface area (Å²) < 4.78 is 31.6. The maximum atomic E-state index is 13.1. The molecule has 0 saturated carbocycles. The van der Waals surface area contributed by atoms with E-state index in [0.29, 0.717) is 5.56 Å². The summed E-state index contributed by atoms with van der Waals surface area (Å²) in [7, 11) is -4.18. The van der Waals surface area contributed by atoms with Gasteiger partial charge >= 0.3 is 5.97 Å². The molecule has 3 aromatic rings. The monoisotopic (exact) mass is 453 g/mol. The fourth-order valence-corrected chi connectivity index (χ4v) is 4.49. The number of carbonyl (C=O) groups excluding carboxylic acids is 2. The predicted molar refractivity (Wildman–Crippen MR) is 115 cm³/mol. The Balaban J connectivity index is 1.92. The summed E-state index contributed by atoms with van der Waals surface area (Å²) >= 11 is 0. The SMILES string of the molecule is CC[C@H](OC(=O)c1ccccc1S(=O)(=O)c1ccc([N+](=O)[O-])cc1)C(=O)c1ccccc1. The lowest BCUT2D eigenvalue weighted by Crippen LogP contribution is -2.27. The fraction of sp³-hybridized carbons (Fsp3) is 0.130. The molecule has 1 atom stereocenters. The molecule has 0 heterocycles. The van der Waals surface area contributed by atoms with Crippen molar-refractivity contribution in [3.05, 3.63) is 100 Å². The van der Waals surface area contributed by atoms with Crippen molar-refractivity contribution in [1.29, 1.82) is 0 Å². The van der Waals surface area contributed by atoms with Gasteiger partial charge in [-0.2, -0.15) is 0 Å². The van der Waals surface area contributed by atoms with Crippen molar-refractivity contribution in [2.75, 3.05) is 0 Å². The standard InChI is InChI=1S/C23H19NO7S/c1-2-20(22(25)16-8-4-3-5-9-16)31-23(26)19-10-6-7-11-21(19)32(29,30)18-14-12-17(13-15-18)24(27)28/h3-15,20H,2H2,1H3/t20-/m0/s1. The molecule has 0 aliphatic heterocycles. The highest BCUT2D eigenvalue weighted by atomic mass is 32.2. The second kappa shape index (κ2) is 9.52. The number of rotatable bonds is 8. The molecular formula is C23H19NO7S. The van der Waals surface area contributed by atoms with Gasteiger partial charge in [-0.3, -0.25) is 14.9 Å². The highest BCUT2D eigenvalue weighted by Crippen LogP contribution is 2.27. The van der Waals surface area contributed by atoms with Crippen LogP contribution in [0.1, 0.15) is 34.1 Å². The van der Waals surface area contributed by atoms with Gasteiger partial charge in [0, 0.05) is 17.7 Å². The Morgan fingerprint density at radius 1 is 0.938 bits per heavy atom. The Morgan fingerprint density at radius 2 is 1.53 bits per heavy atom. The molecule has 9 heteroatoms. The van der Waals surface area contributed by atoms with E-state index in [-0.39, 0.29) is 27.5 Å². The molecule has 0 aliphatic rings. The summed E-state index contributed by atoms with van der Waals surface area (Å²) in [5.74, 6) is -1.35. The maximum Gasteiger partial charge on any atom is 0.340 e. The van der Waals surface area contributed by atoms with Gasteiger partial charge in [0.2, 0.25) is 15.6 Å². The second-order valence-corrected chi connectivity index (χ2v) is 8.70. The van der Waals surface area contributed by atoms with E-state index in [1.165, 1.54) is 24.3 Å².